The fraction of sp³-hybridized carbons (Fsp3) is 1.00. The number of nitrogens with two attached hydrogens (primary N) is 1. The van der Waals surface area contributed by atoms with Crippen molar-refractivity contribution in [1.82, 2.24) is 4.90 Å². The van der Waals surface area contributed by atoms with Crippen LogP contribution in [0.3, 0.4) is 0 Å². The molecular formula is C13H26N2. The van der Waals surface area contributed by atoms with E-state index in [1.807, 2.05) is 0 Å². The first-order chi connectivity index (χ1) is 7.22. The molecule has 2 saturated carbocycles. The summed E-state index contributed by atoms with van der Waals surface area (Å²) in [7, 11) is 2.30. The number of hydrogen-bond donors (Lipinski definition) is 1. The topological polar surface area (TPSA) is 29.3 Å². The van der Waals surface area contributed by atoms with E-state index in [0.29, 0.717) is 6.04 Å². The van der Waals surface area contributed by atoms with Crippen molar-refractivity contribution in [3.8, 4) is 0 Å². The lowest BCUT2D eigenvalue weighted by atomic mass is 9.86. The summed E-state index contributed by atoms with van der Waals surface area (Å²) in [5.74, 6) is 1.87. The van der Waals surface area contributed by atoms with Gasteiger partial charge in [0.15, 0.2) is 0 Å². The van der Waals surface area contributed by atoms with Crippen molar-refractivity contribution in [2.45, 2.75) is 57.5 Å². The van der Waals surface area contributed by atoms with E-state index < -0.39 is 0 Å². The van der Waals surface area contributed by atoms with Gasteiger partial charge in [-0.15, -0.1) is 0 Å². The Kier molecular flexibility index (Phi) is 3.68. The second-order valence-corrected chi connectivity index (χ2v) is 5.72. The summed E-state index contributed by atoms with van der Waals surface area (Å²) in [5.41, 5.74) is 5.91. The Morgan fingerprint density at radius 3 is 2.20 bits per heavy atom. The van der Waals surface area contributed by atoms with E-state index in [9.17, 15) is 0 Å². The first-order valence-corrected chi connectivity index (χ1v) is 6.64. The van der Waals surface area contributed by atoms with Crippen LogP contribution in [0.5, 0.6) is 0 Å². The van der Waals surface area contributed by atoms with E-state index in [4.69, 9.17) is 5.73 Å². The average Bonchev–Trinajstić information content (AvgIpc) is 3.04. The van der Waals surface area contributed by atoms with Crippen molar-refractivity contribution >= 4 is 0 Å². The lowest BCUT2D eigenvalue weighted by Crippen LogP contribution is -2.46. The largest absolute Gasteiger partial charge is 0.329 e. The Morgan fingerprint density at radius 2 is 1.73 bits per heavy atom. The molecule has 0 aliphatic heterocycles. The van der Waals surface area contributed by atoms with Crippen molar-refractivity contribution in [3.05, 3.63) is 0 Å². The highest BCUT2D eigenvalue weighted by Crippen LogP contribution is 2.37. The van der Waals surface area contributed by atoms with E-state index in [-0.39, 0.29) is 0 Å². The zero-order valence-electron chi connectivity index (χ0n) is 10.3. The molecule has 0 spiro atoms. The quantitative estimate of drug-likeness (QED) is 0.771. The minimum absolute atomic E-state index is 0.670. The predicted molar refractivity (Wildman–Crippen MR) is 64.7 cm³/mol. The summed E-state index contributed by atoms with van der Waals surface area (Å²) in [6.07, 6.45) is 8.43. The van der Waals surface area contributed by atoms with E-state index in [0.717, 1.165) is 24.4 Å². The Hall–Kier alpha value is -0.0800. The molecule has 0 radical (unpaired) electrons. The monoisotopic (exact) mass is 210 g/mol. The van der Waals surface area contributed by atoms with Gasteiger partial charge in [0.1, 0.15) is 0 Å². The number of hydrogen-bond acceptors (Lipinski definition) is 2. The first-order valence-electron chi connectivity index (χ1n) is 6.64. The number of rotatable bonds is 4. The molecule has 2 fully saturated rings. The van der Waals surface area contributed by atoms with E-state index >= 15 is 0 Å². The highest BCUT2D eigenvalue weighted by molar-refractivity contribution is 4.91. The summed E-state index contributed by atoms with van der Waals surface area (Å²) in [6, 6.07) is 1.48. The minimum atomic E-state index is 0.670. The third-order valence-corrected chi connectivity index (χ3v) is 4.49. The SMILES string of the molecule is CC1CCC(N(C)C(CN)C2CC2)CC1. The third-order valence-electron chi connectivity index (χ3n) is 4.49. The molecule has 0 aromatic rings. The van der Waals surface area contributed by atoms with Gasteiger partial charge in [-0.2, -0.15) is 0 Å². The third kappa shape index (κ3) is 2.73. The highest BCUT2D eigenvalue weighted by Gasteiger charge is 2.35. The Labute approximate surface area is 94.2 Å². The fourth-order valence-corrected chi connectivity index (χ4v) is 3.09. The lowest BCUT2D eigenvalue weighted by molar-refractivity contribution is 0.114. The molecule has 88 valence electrons. The van der Waals surface area contributed by atoms with Gasteiger partial charge < -0.3 is 5.73 Å². The van der Waals surface area contributed by atoms with Gasteiger partial charge >= 0.3 is 0 Å². The van der Waals surface area contributed by atoms with Gasteiger partial charge in [0.25, 0.3) is 0 Å². The van der Waals surface area contributed by atoms with Gasteiger partial charge in [0, 0.05) is 18.6 Å². The molecule has 0 saturated heterocycles. The number of nitrogens with zero attached hydrogens (tertiary/aromatic N) is 1. The van der Waals surface area contributed by atoms with Crippen LogP contribution in [0.1, 0.15) is 45.4 Å². The zero-order chi connectivity index (χ0) is 10.8. The van der Waals surface area contributed by atoms with Crippen LogP contribution >= 0.6 is 0 Å². The fourth-order valence-electron chi connectivity index (χ4n) is 3.09. The van der Waals surface area contributed by atoms with Crippen LogP contribution in [0.15, 0.2) is 0 Å². The van der Waals surface area contributed by atoms with Gasteiger partial charge in [-0.05, 0) is 57.4 Å². The van der Waals surface area contributed by atoms with E-state index in [1.165, 1.54) is 38.5 Å². The van der Waals surface area contributed by atoms with Gasteiger partial charge in [0.05, 0.1) is 0 Å². The summed E-state index contributed by atoms with van der Waals surface area (Å²) >= 11 is 0. The van der Waals surface area contributed by atoms with Crippen molar-refractivity contribution < 1.29 is 0 Å². The smallest absolute Gasteiger partial charge is 0.0246 e. The molecule has 0 amide bonds. The molecule has 2 rings (SSSR count). The lowest BCUT2D eigenvalue weighted by Gasteiger charge is -2.38. The van der Waals surface area contributed by atoms with Crippen LogP contribution in [0, 0.1) is 11.8 Å². The Morgan fingerprint density at radius 1 is 1.13 bits per heavy atom. The van der Waals surface area contributed by atoms with Gasteiger partial charge in [-0.25, -0.2) is 0 Å². The van der Waals surface area contributed by atoms with Gasteiger partial charge in [-0.1, -0.05) is 6.92 Å². The van der Waals surface area contributed by atoms with Crippen LogP contribution in [-0.4, -0.2) is 30.6 Å². The summed E-state index contributed by atoms with van der Waals surface area (Å²) < 4.78 is 0. The molecule has 0 aromatic heterocycles. The summed E-state index contributed by atoms with van der Waals surface area (Å²) in [5, 5.41) is 0. The van der Waals surface area contributed by atoms with Crippen LogP contribution in [-0.2, 0) is 0 Å². The molecule has 2 aliphatic rings. The maximum atomic E-state index is 5.91. The zero-order valence-corrected chi connectivity index (χ0v) is 10.3. The van der Waals surface area contributed by atoms with Gasteiger partial charge in [0.2, 0.25) is 0 Å². The van der Waals surface area contributed by atoms with Crippen molar-refractivity contribution in [2.75, 3.05) is 13.6 Å². The molecule has 0 aromatic carbocycles. The Balaban J connectivity index is 1.85. The van der Waals surface area contributed by atoms with Crippen LogP contribution in [0.25, 0.3) is 0 Å². The van der Waals surface area contributed by atoms with Crippen molar-refractivity contribution in [3.63, 3.8) is 0 Å². The average molecular weight is 210 g/mol. The molecule has 2 aliphatic carbocycles. The van der Waals surface area contributed by atoms with Gasteiger partial charge in [-0.3, -0.25) is 4.90 Å². The maximum absolute atomic E-state index is 5.91. The molecule has 0 heterocycles. The molecule has 0 bridgehead atoms. The van der Waals surface area contributed by atoms with Crippen molar-refractivity contribution in [2.24, 2.45) is 17.6 Å². The second-order valence-electron chi connectivity index (χ2n) is 5.72. The number of likely N-dealkylation sites (N-methyl/N-ethyl adjacent to an activating group) is 1. The van der Waals surface area contributed by atoms with Crippen LogP contribution in [0.4, 0.5) is 0 Å². The van der Waals surface area contributed by atoms with Crippen molar-refractivity contribution in [1.29, 1.82) is 0 Å². The molecule has 2 nitrogen and oxygen atoms in total. The minimum Gasteiger partial charge on any atom is -0.329 e. The predicted octanol–water partition coefficient (Wildman–Crippen LogP) is 2.23. The summed E-state index contributed by atoms with van der Waals surface area (Å²) in [4.78, 5) is 2.60. The maximum Gasteiger partial charge on any atom is 0.0246 e. The van der Waals surface area contributed by atoms with Crippen LogP contribution < -0.4 is 5.73 Å². The van der Waals surface area contributed by atoms with Crippen LogP contribution in [0.2, 0.25) is 0 Å². The second kappa shape index (κ2) is 4.84. The summed E-state index contributed by atoms with van der Waals surface area (Å²) in [6.45, 7) is 3.24. The molecule has 2 heteroatoms. The standard InChI is InChI=1S/C13H26N2/c1-10-3-7-12(8-4-10)15(2)13(9-14)11-5-6-11/h10-13H,3-9,14H2,1-2H3. The van der Waals surface area contributed by atoms with E-state index in [1.54, 1.807) is 0 Å². The molecule has 15 heavy (non-hydrogen) atoms. The normalized spacial score (nSPS) is 34.4. The molecule has 1 atom stereocenters. The highest BCUT2D eigenvalue weighted by atomic mass is 15.2. The molecular weight excluding hydrogens is 184 g/mol. The molecule has 2 N–H and O–H groups in total. The van der Waals surface area contributed by atoms with E-state index in [2.05, 4.69) is 18.9 Å². The Bertz CT molecular complexity index is 193. The first kappa shape index (κ1) is 11.4. The molecule has 1 unspecified atom stereocenters.